The van der Waals surface area contributed by atoms with Crippen LogP contribution in [0, 0.1) is 12.7 Å². The number of thiazole rings is 1. The zero-order chi connectivity index (χ0) is 17.8. The second-order valence-corrected chi connectivity index (χ2v) is 6.41. The molecule has 0 aliphatic heterocycles. The minimum atomic E-state index is -0.757. The van der Waals surface area contributed by atoms with E-state index in [-0.39, 0.29) is 5.69 Å². The fourth-order valence-corrected chi connectivity index (χ4v) is 3.02. The molecule has 0 bridgehead atoms. The third-order valence-electron chi connectivity index (χ3n) is 3.53. The third kappa shape index (κ3) is 4.22. The number of anilines is 1. The molecular formula is C19H17FN2O2S. The van der Waals surface area contributed by atoms with Crippen molar-refractivity contribution >= 4 is 22.9 Å². The lowest BCUT2D eigenvalue weighted by Crippen LogP contribution is -2.30. The molecule has 1 N–H and O–H groups in total. The van der Waals surface area contributed by atoms with Gasteiger partial charge in [-0.15, -0.1) is 11.3 Å². The van der Waals surface area contributed by atoms with Crippen LogP contribution >= 0.6 is 11.3 Å². The average molecular weight is 356 g/mol. The molecule has 1 heterocycles. The van der Waals surface area contributed by atoms with Crippen LogP contribution in [0.15, 0.2) is 53.9 Å². The highest BCUT2D eigenvalue weighted by Gasteiger charge is 2.16. The van der Waals surface area contributed by atoms with Crippen molar-refractivity contribution in [3.8, 4) is 16.3 Å². The fourth-order valence-electron chi connectivity index (χ4n) is 2.22. The SMILES string of the molecule is Cc1csc(-c2ccc(O[C@H](C)C(=O)Nc3ccccc3F)cc2)n1. The van der Waals surface area contributed by atoms with Crippen molar-refractivity contribution in [3.05, 3.63) is 65.4 Å². The number of carbonyl (C=O) groups is 1. The lowest BCUT2D eigenvalue weighted by molar-refractivity contribution is -0.122. The van der Waals surface area contributed by atoms with Crippen LogP contribution in [0.25, 0.3) is 10.6 Å². The maximum Gasteiger partial charge on any atom is 0.265 e. The summed E-state index contributed by atoms with van der Waals surface area (Å²) in [6, 6.07) is 13.4. The Kier molecular flexibility index (Phi) is 5.09. The van der Waals surface area contributed by atoms with Crippen molar-refractivity contribution in [3.63, 3.8) is 0 Å². The number of hydrogen-bond donors (Lipinski definition) is 1. The number of aryl methyl sites for hydroxylation is 1. The van der Waals surface area contributed by atoms with Gasteiger partial charge in [-0.05, 0) is 50.2 Å². The number of benzene rings is 2. The van der Waals surface area contributed by atoms with Gasteiger partial charge in [0.1, 0.15) is 16.6 Å². The van der Waals surface area contributed by atoms with Gasteiger partial charge in [-0.25, -0.2) is 9.37 Å². The van der Waals surface area contributed by atoms with Crippen molar-refractivity contribution in [1.82, 2.24) is 4.98 Å². The molecule has 3 aromatic rings. The number of nitrogens with one attached hydrogen (secondary N) is 1. The summed E-state index contributed by atoms with van der Waals surface area (Å²) in [6.45, 7) is 3.57. The summed E-state index contributed by atoms with van der Waals surface area (Å²) in [4.78, 5) is 16.6. The molecule has 0 aliphatic rings. The van der Waals surface area contributed by atoms with E-state index in [1.807, 2.05) is 24.4 Å². The summed E-state index contributed by atoms with van der Waals surface area (Å²) in [7, 11) is 0. The van der Waals surface area contributed by atoms with E-state index < -0.39 is 17.8 Å². The maximum atomic E-state index is 13.6. The molecular weight excluding hydrogens is 339 g/mol. The second-order valence-electron chi connectivity index (χ2n) is 5.55. The molecule has 1 amide bonds. The molecule has 1 aromatic heterocycles. The van der Waals surface area contributed by atoms with E-state index in [0.29, 0.717) is 5.75 Å². The smallest absolute Gasteiger partial charge is 0.265 e. The fraction of sp³-hybridized carbons (Fsp3) is 0.158. The molecule has 6 heteroatoms. The van der Waals surface area contributed by atoms with Crippen LogP contribution in [0.1, 0.15) is 12.6 Å². The predicted octanol–water partition coefficient (Wildman–Crippen LogP) is 4.66. The number of hydrogen-bond acceptors (Lipinski definition) is 4. The molecule has 0 aliphatic carbocycles. The zero-order valence-electron chi connectivity index (χ0n) is 13.8. The van der Waals surface area contributed by atoms with Crippen molar-refractivity contribution in [2.75, 3.05) is 5.32 Å². The van der Waals surface area contributed by atoms with Gasteiger partial charge in [0.25, 0.3) is 5.91 Å². The number of aromatic nitrogens is 1. The predicted molar refractivity (Wildman–Crippen MR) is 97.4 cm³/mol. The van der Waals surface area contributed by atoms with Gasteiger partial charge in [0.05, 0.1) is 5.69 Å². The van der Waals surface area contributed by atoms with Gasteiger partial charge in [0.2, 0.25) is 0 Å². The lowest BCUT2D eigenvalue weighted by Gasteiger charge is -2.15. The summed E-state index contributed by atoms with van der Waals surface area (Å²) in [5, 5.41) is 5.46. The Bertz CT molecular complexity index is 877. The monoisotopic (exact) mass is 356 g/mol. The van der Waals surface area contributed by atoms with Crippen LogP contribution < -0.4 is 10.1 Å². The lowest BCUT2D eigenvalue weighted by atomic mass is 10.2. The van der Waals surface area contributed by atoms with E-state index in [9.17, 15) is 9.18 Å². The Morgan fingerprint density at radius 3 is 2.56 bits per heavy atom. The van der Waals surface area contributed by atoms with E-state index in [1.165, 1.54) is 12.1 Å². The summed E-state index contributed by atoms with van der Waals surface area (Å²) in [6.07, 6.45) is -0.757. The minimum absolute atomic E-state index is 0.137. The Labute approximate surface area is 149 Å². The van der Waals surface area contributed by atoms with Crippen LogP contribution in [0.3, 0.4) is 0 Å². The second kappa shape index (κ2) is 7.44. The number of carbonyl (C=O) groups excluding carboxylic acids is 1. The molecule has 0 spiro atoms. The highest BCUT2D eigenvalue weighted by molar-refractivity contribution is 7.13. The van der Waals surface area contributed by atoms with Crippen molar-refractivity contribution in [2.24, 2.45) is 0 Å². The first-order valence-electron chi connectivity index (χ1n) is 7.77. The van der Waals surface area contributed by atoms with Crippen LogP contribution in [0.2, 0.25) is 0 Å². The summed E-state index contributed by atoms with van der Waals surface area (Å²) >= 11 is 1.58. The van der Waals surface area contributed by atoms with E-state index in [0.717, 1.165) is 16.3 Å². The molecule has 0 saturated carbocycles. The molecule has 25 heavy (non-hydrogen) atoms. The van der Waals surface area contributed by atoms with Crippen LogP contribution in [-0.2, 0) is 4.79 Å². The maximum absolute atomic E-state index is 13.6. The third-order valence-corrected chi connectivity index (χ3v) is 4.54. The molecule has 4 nitrogen and oxygen atoms in total. The number of halogens is 1. The zero-order valence-corrected chi connectivity index (χ0v) is 14.6. The van der Waals surface area contributed by atoms with Gasteiger partial charge in [-0.1, -0.05) is 12.1 Å². The van der Waals surface area contributed by atoms with E-state index in [4.69, 9.17) is 4.74 Å². The molecule has 1 atom stereocenters. The first kappa shape index (κ1) is 17.1. The summed E-state index contributed by atoms with van der Waals surface area (Å²) < 4.78 is 19.2. The van der Waals surface area contributed by atoms with Gasteiger partial charge in [-0.2, -0.15) is 0 Å². The van der Waals surface area contributed by atoms with Crippen molar-refractivity contribution < 1.29 is 13.9 Å². The quantitative estimate of drug-likeness (QED) is 0.723. The van der Waals surface area contributed by atoms with E-state index in [1.54, 1.807) is 42.5 Å². The Balaban J connectivity index is 1.63. The average Bonchev–Trinajstić information content (AvgIpc) is 3.04. The van der Waals surface area contributed by atoms with Gasteiger partial charge < -0.3 is 10.1 Å². The molecule has 2 aromatic carbocycles. The van der Waals surface area contributed by atoms with E-state index in [2.05, 4.69) is 10.3 Å². The summed E-state index contributed by atoms with van der Waals surface area (Å²) in [5.74, 6) is -0.330. The van der Waals surface area contributed by atoms with Gasteiger partial charge in [0, 0.05) is 16.6 Å². The van der Waals surface area contributed by atoms with Gasteiger partial charge in [-0.3, -0.25) is 4.79 Å². The number of ether oxygens (including phenoxy) is 1. The number of para-hydroxylation sites is 1. The first-order chi connectivity index (χ1) is 12.0. The first-order valence-corrected chi connectivity index (χ1v) is 8.65. The minimum Gasteiger partial charge on any atom is -0.481 e. The molecule has 128 valence electrons. The number of amides is 1. The van der Waals surface area contributed by atoms with Crippen molar-refractivity contribution in [2.45, 2.75) is 20.0 Å². The Morgan fingerprint density at radius 1 is 1.20 bits per heavy atom. The molecule has 3 rings (SSSR count). The Hall–Kier alpha value is -2.73. The standard InChI is InChI=1S/C19H17FN2O2S/c1-12-11-25-19(21-12)14-7-9-15(10-8-14)24-13(2)18(23)22-17-6-4-3-5-16(17)20/h3-11,13H,1-2H3,(H,22,23)/t13-/m1/s1. The van der Waals surface area contributed by atoms with Crippen LogP contribution in [0.4, 0.5) is 10.1 Å². The van der Waals surface area contributed by atoms with Crippen molar-refractivity contribution in [1.29, 1.82) is 0 Å². The van der Waals surface area contributed by atoms with Gasteiger partial charge in [0.15, 0.2) is 6.10 Å². The van der Waals surface area contributed by atoms with Crippen LogP contribution in [-0.4, -0.2) is 17.0 Å². The van der Waals surface area contributed by atoms with Crippen LogP contribution in [0.5, 0.6) is 5.75 Å². The molecule has 0 radical (unpaired) electrons. The van der Waals surface area contributed by atoms with Gasteiger partial charge >= 0.3 is 0 Å². The number of rotatable bonds is 5. The molecule has 0 unspecified atom stereocenters. The molecule has 0 fully saturated rings. The van der Waals surface area contributed by atoms with E-state index >= 15 is 0 Å². The highest BCUT2D eigenvalue weighted by Crippen LogP contribution is 2.26. The number of nitrogens with zero attached hydrogens (tertiary/aromatic N) is 1. The topological polar surface area (TPSA) is 51.2 Å². The summed E-state index contributed by atoms with van der Waals surface area (Å²) in [5.41, 5.74) is 2.12. The largest absolute Gasteiger partial charge is 0.481 e. The molecule has 0 saturated heterocycles. The normalized spacial score (nSPS) is 11.8. The highest BCUT2D eigenvalue weighted by atomic mass is 32.1. The Morgan fingerprint density at radius 2 is 1.92 bits per heavy atom.